The highest BCUT2D eigenvalue weighted by Gasteiger charge is 2.40. The van der Waals surface area contributed by atoms with Gasteiger partial charge in [-0.1, -0.05) is 11.6 Å². The fourth-order valence-corrected chi connectivity index (χ4v) is 4.34. The second-order valence-electron chi connectivity index (χ2n) is 4.50. The Hall–Kier alpha value is -1.20. The molecule has 0 bridgehead atoms. The molecule has 1 aliphatic heterocycles. The van der Waals surface area contributed by atoms with Crippen molar-refractivity contribution >= 4 is 21.6 Å². The Labute approximate surface area is 121 Å². The van der Waals surface area contributed by atoms with E-state index in [1.807, 2.05) is 6.07 Å². The number of aliphatic hydroxyl groups excluding tert-OH is 1. The zero-order valence-electron chi connectivity index (χ0n) is 10.3. The third-order valence-corrected chi connectivity index (χ3v) is 5.57. The van der Waals surface area contributed by atoms with Crippen LogP contribution in [0.25, 0.3) is 0 Å². The average Bonchev–Trinajstić information content (AvgIpc) is 2.81. The molecule has 2 atom stereocenters. The van der Waals surface area contributed by atoms with Crippen LogP contribution in [0.1, 0.15) is 12.0 Å². The van der Waals surface area contributed by atoms with E-state index in [0.29, 0.717) is 0 Å². The van der Waals surface area contributed by atoms with E-state index in [2.05, 4.69) is 0 Å². The van der Waals surface area contributed by atoms with Gasteiger partial charge in [0.15, 0.2) is 0 Å². The van der Waals surface area contributed by atoms with Gasteiger partial charge in [0.25, 0.3) is 0 Å². The predicted octanol–water partition coefficient (Wildman–Crippen LogP) is 1.31. The molecule has 1 aromatic rings. The van der Waals surface area contributed by atoms with Gasteiger partial charge in [-0.2, -0.15) is 9.57 Å². The highest BCUT2D eigenvalue weighted by Crippen LogP contribution is 2.31. The second-order valence-corrected chi connectivity index (χ2v) is 6.77. The van der Waals surface area contributed by atoms with E-state index < -0.39 is 28.8 Å². The van der Waals surface area contributed by atoms with Crippen LogP contribution in [-0.4, -0.2) is 43.2 Å². The molecule has 0 unspecified atom stereocenters. The zero-order chi connectivity index (χ0) is 14.9. The first-order valence-corrected chi connectivity index (χ1v) is 7.68. The lowest BCUT2D eigenvalue weighted by molar-refractivity contribution is 0.213. The maximum atomic E-state index is 13.4. The van der Waals surface area contributed by atoms with Crippen LogP contribution in [0.4, 0.5) is 4.39 Å². The Balaban J connectivity index is 2.48. The van der Waals surface area contributed by atoms with Crippen molar-refractivity contribution in [2.75, 3.05) is 13.2 Å². The molecule has 1 aliphatic rings. The minimum absolute atomic E-state index is 0.0389. The summed E-state index contributed by atoms with van der Waals surface area (Å²) in [6.45, 7) is -0.782. The molecular formula is C12H12ClFN2O3S. The van der Waals surface area contributed by atoms with Gasteiger partial charge in [-0.25, -0.2) is 12.8 Å². The maximum absolute atomic E-state index is 13.4. The van der Waals surface area contributed by atoms with Gasteiger partial charge in [0.2, 0.25) is 10.0 Å². The molecule has 1 fully saturated rings. The quantitative estimate of drug-likeness (QED) is 0.911. The molecule has 20 heavy (non-hydrogen) atoms. The average molecular weight is 319 g/mol. The van der Waals surface area contributed by atoms with E-state index in [9.17, 15) is 17.9 Å². The molecular weight excluding hydrogens is 307 g/mol. The standard InChI is InChI=1S/C12H12ClFN2O3S/c13-11-2-1-8(5-15)3-12(11)20(18,19)16-6-9(14)4-10(16)7-17/h1-3,9-10,17H,4,6-7H2/t9-,10-/m0/s1. The van der Waals surface area contributed by atoms with E-state index in [1.165, 1.54) is 12.1 Å². The van der Waals surface area contributed by atoms with E-state index in [0.717, 1.165) is 10.4 Å². The van der Waals surface area contributed by atoms with E-state index in [4.69, 9.17) is 16.9 Å². The van der Waals surface area contributed by atoms with Gasteiger partial charge in [-0.15, -0.1) is 0 Å². The van der Waals surface area contributed by atoms with Crippen LogP contribution in [0.5, 0.6) is 0 Å². The van der Waals surface area contributed by atoms with Gasteiger partial charge >= 0.3 is 0 Å². The molecule has 1 heterocycles. The number of hydrogen-bond donors (Lipinski definition) is 1. The van der Waals surface area contributed by atoms with Gasteiger partial charge in [0, 0.05) is 6.54 Å². The van der Waals surface area contributed by atoms with E-state index in [-0.39, 0.29) is 28.4 Å². The molecule has 0 amide bonds. The molecule has 8 heteroatoms. The first-order chi connectivity index (χ1) is 9.40. The predicted molar refractivity (Wildman–Crippen MR) is 70.4 cm³/mol. The van der Waals surface area contributed by atoms with Gasteiger partial charge in [-0.05, 0) is 24.6 Å². The zero-order valence-corrected chi connectivity index (χ0v) is 11.9. The lowest BCUT2D eigenvalue weighted by Gasteiger charge is -2.22. The molecule has 0 aliphatic carbocycles. The van der Waals surface area contributed by atoms with Crippen LogP contribution in [-0.2, 0) is 10.0 Å². The summed E-state index contributed by atoms with van der Waals surface area (Å²) in [6.07, 6.45) is -1.37. The molecule has 108 valence electrons. The molecule has 0 aromatic heterocycles. The van der Waals surface area contributed by atoms with Crippen molar-refractivity contribution < 1.29 is 17.9 Å². The van der Waals surface area contributed by atoms with Crippen LogP contribution >= 0.6 is 11.6 Å². The summed E-state index contributed by atoms with van der Waals surface area (Å²) in [4.78, 5) is -0.245. The Morgan fingerprint density at radius 2 is 2.25 bits per heavy atom. The van der Waals surface area contributed by atoms with Crippen molar-refractivity contribution in [3.63, 3.8) is 0 Å². The van der Waals surface area contributed by atoms with Crippen molar-refractivity contribution in [3.05, 3.63) is 28.8 Å². The van der Waals surface area contributed by atoms with Crippen LogP contribution in [0.2, 0.25) is 5.02 Å². The number of aliphatic hydroxyl groups is 1. The van der Waals surface area contributed by atoms with Crippen molar-refractivity contribution in [3.8, 4) is 6.07 Å². The minimum Gasteiger partial charge on any atom is -0.395 e. The summed E-state index contributed by atoms with van der Waals surface area (Å²) in [5.41, 5.74) is 0.143. The Bertz CT molecular complexity index is 659. The van der Waals surface area contributed by atoms with Crippen molar-refractivity contribution in [1.82, 2.24) is 4.31 Å². The van der Waals surface area contributed by atoms with Crippen molar-refractivity contribution in [2.24, 2.45) is 0 Å². The first kappa shape index (κ1) is 15.2. The smallest absolute Gasteiger partial charge is 0.245 e. The normalized spacial score (nSPS) is 23.7. The Morgan fingerprint density at radius 3 is 2.85 bits per heavy atom. The maximum Gasteiger partial charge on any atom is 0.245 e. The van der Waals surface area contributed by atoms with Crippen molar-refractivity contribution in [1.29, 1.82) is 5.26 Å². The Kier molecular flexibility index (Phi) is 4.30. The molecule has 5 nitrogen and oxygen atoms in total. The van der Waals surface area contributed by atoms with Gasteiger partial charge in [0.1, 0.15) is 11.1 Å². The highest BCUT2D eigenvalue weighted by molar-refractivity contribution is 7.89. The van der Waals surface area contributed by atoms with E-state index in [1.54, 1.807) is 0 Å². The molecule has 2 rings (SSSR count). The fraction of sp³-hybridized carbons (Fsp3) is 0.417. The fourth-order valence-electron chi connectivity index (χ4n) is 2.19. The summed E-state index contributed by atoms with van der Waals surface area (Å²) >= 11 is 5.87. The highest BCUT2D eigenvalue weighted by atomic mass is 35.5. The van der Waals surface area contributed by atoms with Gasteiger partial charge < -0.3 is 5.11 Å². The summed E-state index contributed by atoms with van der Waals surface area (Å²) in [7, 11) is -4.05. The number of hydrogen-bond acceptors (Lipinski definition) is 4. The van der Waals surface area contributed by atoms with Crippen LogP contribution in [0.3, 0.4) is 0 Å². The Morgan fingerprint density at radius 1 is 1.55 bits per heavy atom. The molecule has 1 saturated heterocycles. The van der Waals surface area contributed by atoms with Gasteiger partial charge in [-0.3, -0.25) is 0 Å². The molecule has 0 spiro atoms. The largest absolute Gasteiger partial charge is 0.395 e. The molecule has 0 saturated carbocycles. The third-order valence-electron chi connectivity index (χ3n) is 3.17. The van der Waals surface area contributed by atoms with Crippen LogP contribution in [0.15, 0.2) is 23.1 Å². The topological polar surface area (TPSA) is 81.4 Å². The summed E-state index contributed by atoms with van der Waals surface area (Å²) in [5, 5.41) is 18.0. The number of alkyl halides is 1. The SMILES string of the molecule is N#Cc1ccc(Cl)c(S(=O)(=O)N2C[C@@H](F)C[C@H]2CO)c1. The summed E-state index contributed by atoms with van der Waals surface area (Å²) in [6, 6.07) is 4.87. The summed E-state index contributed by atoms with van der Waals surface area (Å²) < 4.78 is 39.3. The minimum atomic E-state index is -4.05. The van der Waals surface area contributed by atoms with Crippen molar-refractivity contribution in [2.45, 2.75) is 23.5 Å². The molecule has 0 radical (unpaired) electrons. The number of benzene rings is 1. The number of nitriles is 1. The summed E-state index contributed by atoms with van der Waals surface area (Å²) in [5.74, 6) is 0. The first-order valence-electron chi connectivity index (χ1n) is 5.86. The molecule has 1 N–H and O–H groups in total. The lowest BCUT2D eigenvalue weighted by Crippen LogP contribution is -2.38. The number of nitrogens with zero attached hydrogens (tertiary/aromatic N) is 2. The van der Waals surface area contributed by atoms with E-state index >= 15 is 0 Å². The number of rotatable bonds is 3. The third kappa shape index (κ3) is 2.65. The van der Waals surface area contributed by atoms with Crippen LogP contribution < -0.4 is 0 Å². The lowest BCUT2D eigenvalue weighted by atomic mass is 10.2. The number of sulfonamides is 1. The van der Waals surface area contributed by atoms with Gasteiger partial charge in [0.05, 0.1) is 29.3 Å². The molecule has 1 aromatic carbocycles. The number of halogens is 2. The second kappa shape index (κ2) is 5.66. The van der Waals surface area contributed by atoms with Crippen LogP contribution in [0, 0.1) is 11.3 Å². The monoisotopic (exact) mass is 318 g/mol.